The van der Waals surface area contributed by atoms with Gasteiger partial charge in [-0.05, 0) is 15.5 Å². The summed E-state index contributed by atoms with van der Waals surface area (Å²) in [6.45, 7) is 0. The summed E-state index contributed by atoms with van der Waals surface area (Å²) in [6.07, 6.45) is 1.44. The summed E-state index contributed by atoms with van der Waals surface area (Å²) in [4.78, 5) is 0. The minimum atomic E-state index is -1.72. The molecule has 0 bridgehead atoms. The first-order valence-corrected chi connectivity index (χ1v) is 2.97. The molecule has 50 valence electrons. The van der Waals surface area contributed by atoms with Gasteiger partial charge in [0.05, 0.1) is 0 Å². The normalized spacial score (nSPS) is 34.2. The van der Waals surface area contributed by atoms with Crippen molar-refractivity contribution in [1.29, 1.82) is 0 Å². The van der Waals surface area contributed by atoms with Gasteiger partial charge < -0.3 is 10.9 Å². The molecule has 0 aromatic carbocycles. The van der Waals surface area contributed by atoms with Gasteiger partial charge in [-0.15, -0.1) is 0 Å². The van der Waals surface area contributed by atoms with Crippen LogP contribution in [0.1, 0.15) is 0 Å². The molecule has 1 aliphatic heterocycles. The van der Waals surface area contributed by atoms with Gasteiger partial charge in [0.1, 0.15) is 0 Å². The Labute approximate surface area is 55.7 Å². The van der Waals surface area contributed by atoms with Crippen molar-refractivity contribution in [3.8, 4) is 0 Å². The van der Waals surface area contributed by atoms with Gasteiger partial charge in [0, 0.05) is 5.41 Å². The van der Waals surface area contributed by atoms with E-state index in [2.05, 4.69) is 5.10 Å². The third-order valence-electron chi connectivity index (χ3n) is 0.679. The lowest BCUT2D eigenvalue weighted by Crippen LogP contribution is -2.28. The highest BCUT2D eigenvalue weighted by Crippen LogP contribution is 2.22. The van der Waals surface area contributed by atoms with Crippen LogP contribution in [0.5, 0.6) is 0 Å². The van der Waals surface area contributed by atoms with Crippen molar-refractivity contribution in [2.24, 2.45) is 10.8 Å². The number of hydrogen-bond donors (Lipinski definition) is 2. The Morgan fingerprint density at radius 3 is 2.89 bits per heavy atom. The van der Waals surface area contributed by atoms with E-state index >= 15 is 0 Å². The Bertz CT molecular complexity index is 176. The highest BCUT2D eigenvalue weighted by molar-refractivity contribution is 7.96. The van der Waals surface area contributed by atoms with Crippen LogP contribution in [0, 0.1) is 5.21 Å². The van der Waals surface area contributed by atoms with Crippen LogP contribution in [0.3, 0.4) is 0 Å². The van der Waals surface area contributed by atoms with Crippen LogP contribution in [0.2, 0.25) is 0 Å². The molecule has 1 heterocycles. The second-order valence-corrected chi connectivity index (χ2v) is 2.38. The summed E-state index contributed by atoms with van der Waals surface area (Å²) < 4.78 is -1.72. The summed E-state index contributed by atoms with van der Waals surface area (Å²) >= 11 is 0.614. The first-order chi connectivity index (χ1) is 4.10. The standard InChI is InChI=1S/C3H5N3O2S/c4-3-1-2-9-6(7,8)5-3/h1-2,7H,(H2,4,5). The first kappa shape index (κ1) is 6.56. The fourth-order valence-corrected chi connectivity index (χ4v) is 0.883. The molecule has 6 heteroatoms. The van der Waals surface area contributed by atoms with Gasteiger partial charge in [-0.25, -0.2) is 0 Å². The Hall–Kier alpha value is -0.560. The van der Waals surface area contributed by atoms with Gasteiger partial charge in [-0.2, -0.15) is 5.21 Å². The van der Waals surface area contributed by atoms with Crippen molar-refractivity contribution in [3.63, 3.8) is 0 Å². The second-order valence-electron chi connectivity index (χ2n) is 1.42. The van der Waals surface area contributed by atoms with Crippen LogP contribution in [0.15, 0.2) is 16.6 Å². The molecule has 0 aromatic rings. The highest BCUT2D eigenvalue weighted by atomic mass is 32.2. The minimum absolute atomic E-state index is 0.0336. The molecule has 1 atom stereocenters. The lowest BCUT2D eigenvalue weighted by atomic mass is 10.6. The number of nitrogens with zero attached hydrogens (tertiary/aromatic N) is 2. The molecule has 0 saturated heterocycles. The number of amidine groups is 1. The van der Waals surface area contributed by atoms with E-state index in [1.165, 1.54) is 11.5 Å². The molecular weight excluding hydrogens is 142 g/mol. The first-order valence-electron chi connectivity index (χ1n) is 2.14. The molecule has 1 unspecified atom stereocenters. The predicted octanol–water partition coefficient (Wildman–Crippen LogP) is 0.138. The van der Waals surface area contributed by atoms with Crippen molar-refractivity contribution in [1.82, 2.24) is 0 Å². The van der Waals surface area contributed by atoms with E-state index in [4.69, 9.17) is 10.9 Å². The summed E-state index contributed by atoms with van der Waals surface area (Å²) in [5.41, 5.74) is 5.08. The van der Waals surface area contributed by atoms with Crippen LogP contribution in [0.4, 0.5) is 0 Å². The Morgan fingerprint density at radius 1 is 1.89 bits per heavy atom. The molecule has 5 nitrogen and oxygen atoms in total. The number of hydrogen-bond acceptors (Lipinski definition) is 5. The maximum Gasteiger partial charge on any atom is 0.185 e. The van der Waals surface area contributed by atoms with Gasteiger partial charge in [0.2, 0.25) is 0 Å². The molecule has 0 saturated carbocycles. The molecule has 0 amide bonds. The predicted molar refractivity (Wildman–Crippen MR) is 33.8 cm³/mol. The molecule has 0 fully saturated rings. The fraction of sp³-hybridized carbons (Fsp3) is 0. The van der Waals surface area contributed by atoms with Gasteiger partial charge in [-0.1, -0.05) is 0 Å². The van der Waals surface area contributed by atoms with Crippen molar-refractivity contribution >= 4 is 17.8 Å². The molecule has 0 spiro atoms. The fourth-order valence-electron chi connectivity index (χ4n) is 0.382. The zero-order valence-electron chi connectivity index (χ0n) is 4.39. The van der Waals surface area contributed by atoms with Crippen LogP contribution >= 0.6 is 11.9 Å². The topological polar surface area (TPSA) is 81.7 Å². The zero-order valence-corrected chi connectivity index (χ0v) is 5.21. The molecule has 1 rings (SSSR count). The van der Waals surface area contributed by atoms with E-state index in [-0.39, 0.29) is 5.84 Å². The third kappa shape index (κ3) is 1.68. The van der Waals surface area contributed by atoms with Crippen LogP contribution in [-0.4, -0.2) is 15.4 Å². The lowest BCUT2D eigenvalue weighted by molar-refractivity contribution is -0.956. The summed E-state index contributed by atoms with van der Waals surface area (Å²) in [6, 6.07) is 0. The van der Waals surface area contributed by atoms with E-state index in [0.29, 0.717) is 11.9 Å². The largest absolute Gasteiger partial charge is 0.558 e. The van der Waals surface area contributed by atoms with E-state index in [0.717, 1.165) is 0 Å². The number of rotatable bonds is 0. The average molecular weight is 147 g/mol. The Kier molecular flexibility index (Phi) is 1.45. The molecule has 1 aliphatic rings. The quantitative estimate of drug-likeness (QED) is 0.290. The summed E-state index contributed by atoms with van der Waals surface area (Å²) in [5.74, 6) is 0.0336. The summed E-state index contributed by atoms with van der Waals surface area (Å²) in [7, 11) is 0. The van der Waals surface area contributed by atoms with E-state index < -0.39 is 4.32 Å². The van der Waals surface area contributed by atoms with E-state index in [9.17, 15) is 5.21 Å². The Balaban J connectivity index is 2.78. The molecule has 9 heavy (non-hydrogen) atoms. The molecule has 0 aromatic heterocycles. The Morgan fingerprint density at radius 2 is 2.56 bits per heavy atom. The molecule has 0 radical (unpaired) electrons. The highest BCUT2D eigenvalue weighted by Gasteiger charge is 2.17. The second kappa shape index (κ2) is 1.99. The smallest absolute Gasteiger partial charge is 0.185 e. The van der Waals surface area contributed by atoms with Gasteiger partial charge in [0.25, 0.3) is 0 Å². The van der Waals surface area contributed by atoms with Crippen molar-refractivity contribution in [3.05, 3.63) is 16.7 Å². The van der Waals surface area contributed by atoms with Crippen LogP contribution in [-0.2, 0) is 0 Å². The molecule has 3 N–H and O–H groups in total. The summed E-state index contributed by atoms with van der Waals surface area (Å²) in [5, 5.41) is 23.5. The number of quaternary nitrogens is 1. The maximum atomic E-state index is 10.5. The average Bonchev–Trinajstić information content (AvgIpc) is 1.60. The number of nitrogens with two attached hydrogens (primary N) is 1. The van der Waals surface area contributed by atoms with E-state index in [1.807, 2.05) is 0 Å². The molecule has 0 aliphatic carbocycles. The lowest BCUT2D eigenvalue weighted by Gasteiger charge is -2.22. The minimum Gasteiger partial charge on any atom is -0.558 e. The maximum absolute atomic E-state index is 10.5. The van der Waals surface area contributed by atoms with Crippen LogP contribution in [0.25, 0.3) is 0 Å². The van der Waals surface area contributed by atoms with Crippen molar-refractivity contribution in [2.45, 2.75) is 0 Å². The van der Waals surface area contributed by atoms with Gasteiger partial charge in [-0.3, -0.25) is 0 Å². The zero-order chi connectivity index (χ0) is 6.91. The molecular formula is C3H5N3O2S. The van der Waals surface area contributed by atoms with Crippen molar-refractivity contribution < 1.29 is 9.53 Å². The monoisotopic (exact) mass is 147 g/mol. The third-order valence-corrected chi connectivity index (χ3v) is 1.29. The van der Waals surface area contributed by atoms with Crippen LogP contribution < -0.4 is 5.73 Å². The van der Waals surface area contributed by atoms with Gasteiger partial charge >= 0.3 is 0 Å². The van der Waals surface area contributed by atoms with Gasteiger partial charge in [0.15, 0.2) is 17.8 Å². The SMILES string of the molecule is NC1=N[N+]([O-])(O)SC=C1. The van der Waals surface area contributed by atoms with E-state index in [1.54, 1.807) is 0 Å². The van der Waals surface area contributed by atoms with Crippen molar-refractivity contribution in [2.75, 3.05) is 0 Å².